The van der Waals surface area contributed by atoms with Crippen molar-refractivity contribution in [1.82, 2.24) is 20.1 Å². The Morgan fingerprint density at radius 2 is 1.87 bits per heavy atom. The number of aliphatic imine (C=N–C) groups is 1. The van der Waals surface area contributed by atoms with Crippen LogP contribution >= 0.6 is 24.0 Å². The second-order valence-electron chi connectivity index (χ2n) is 10.4. The highest BCUT2D eigenvalue weighted by Crippen LogP contribution is 2.34. The first-order valence-electron chi connectivity index (χ1n) is 13.9. The van der Waals surface area contributed by atoms with Crippen LogP contribution in [0.25, 0.3) is 23.2 Å². The maximum absolute atomic E-state index is 12.8. The Bertz CT molecular complexity index is 1750. The third-order valence-electron chi connectivity index (χ3n) is 6.69. The molecule has 0 unspecified atom stereocenters. The van der Waals surface area contributed by atoms with Crippen molar-refractivity contribution in [2.75, 3.05) is 17.2 Å². The molecular formula is C32H29F3N6O2S2. The number of anilines is 1. The number of alkyl halides is 3. The van der Waals surface area contributed by atoms with Crippen LogP contribution < -0.4 is 15.0 Å². The molecule has 4 aromatic rings. The quantitative estimate of drug-likeness (QED) is 0.201. The summed E-state index contributed by atoms with van der Waals surface area (Å²) in [4.78, 5) is 23.3. The van der Waals surface area contributed by atoms with E-state index in [1.807, 2.05) is 55.5 Å². The lowest BCUT2D eigenvalue weighted by atomic mass is 9.99. The molecule has 2 heterocycles. The Hall–Kier alpha value is -4.49. The highest BCUT2D eigenvalue weighted by molar-refractivity contribution is 8.15. The van der Waals surface area contributed by atoms with E-state index in [1.165, 1.54) is 47.0 Å². The standard InChI is InChI=1S/C32H29F3N6O2S2/c1-20(2)26-15-6-21(3)17-27(26)41-28(42)18-45-31(41)38-30(44)36-16-4-5-22-7-9-23(10-8-22)29-37-19-40(39-29)24-11-13-25(14-12-24)43-32(33,34)35/h4-15,17,19-20H,16,18H2,1-3H3,(H,36,44)/b5-4-,38-31?. The van der Waals surface area contributed by atoms with Gasteiger partial charge in [-0.2, -0.15) is 4.99 Å². The molecule has 0 spiro atoms. The van der Waals surface area contributed by atoms with Crippen molar-refractivity contribution in [3.05, 3.63) is 95.8 Å². The molecule has 232 valence electrons. The van der Waals surface area contributed by atoms with E-state index in [-0.39, 0.29) is 17.6 Å². The fourth-order valence-corrected chi connectivity index (χ4v) is 5.64. The molecule has 3 aromatic carbocycles. The highest BCUT2D eigenvalue weighted by Gasteiger charge is 2.32. The van der Waals surface area contributed by atoms with Gasteiger partial charge in [-0.3, -0.25) is 9.69 Å². The molecule has 8 nitrogen and oxygen atoms in total. The number of nitrogens with zero attached hydrogens (tertiary/aromatic N) is 5. The summed E-state index contributed by atoms with van der Waals surface area (Å²) in [5, 5.41) is 8.39. The Labute approximate surface area is 268 Å². The van der Waals surface area contributed by atoms with Gasteiger partial charge >= 0.3 is 6.36 Å². The summed E-state index contributed by atoms with van der Waals surface area (Å²) in [7, 11) is 0. The van der Waals surface area contributed by atoms with E-state index < -0.39 is 6.36 Å². The Morgan fingerprint density at radius 3 is 2.56 bits per heavy atom. The topological polar surface area (TPSA) is 84.6 Å². The third-order valence-corrected chi connectivity index (χ3v) is 7.85. The molecule has 1 aromatic heterocycles. The summed E-state index contributed by atoms with van der Waals surface area (Å²) in [6, 6.07) is 19.1. The fraction of sp³-hybridized carbons (Fsp3) is 0.219. The van der Waals surface area contributed by atoms with Crippen LogP contribution in [0, 0.1) is 6.92 Å². The van der Waals surface area contributed by atoms with E-state index in [0.717, 1.165) is 27.9 Å². The molecular weight excluding hydrogens is 622 g/mol. The summed E-state index contributed by atoms with van der Waals surface area (Å²) in [5.41, 5.74) is 5.26. The highest BCUT2D eigenvalue weighted by atomic mass is 32.2. The van der Waals surface area contributed by atoms with Crippen molar-refractivity contribution in [3.63, 3.8) is 0 Å². The first-order chi connectivity index (χ1) is 21.5. The number of benzene rings is 3. The van der Waals surface area contributed by atoms with Crippen LogP contribution in [0.5, 0.6) is 5.75 Å². The second-order valence-corrected chi connectivity index (χ2v) is 11.7. The predicted octanol–water partition coefficient (Wildman–Crippen LogP) is 7.29. The lowest BCUT2D eigenvalue weighted by molar-refractivity contribution is -0.274. The van der Waals surface area contributed by atoms with Gasteiger partial charge in [-0.05, 0) is 72.1 Å². The van der Waals surface area contributed by atoms with Crippen molar-refractivity contribution in [3.8, 4) is 22.8 Å². The molecule has 1 N–H and O–H groups in total. The van der Waals surface area contributed by atoms with Crippen LogP contribution in [0.2, 0.25) is 0 Å². The SMILES string of the molecule is Cc1ccc(C(C)C)c(N2C(=O)CSC2=NC(=S)NC/C=C\c2ccc(-c3ncn(-c4ccc(OC(F)(F)F)cc4)n3)cc2)c1. The van der Waals surface area contributed by atoms with E-state index >= 15 is 0 Å². The summed E-state index contributed by atoms with van der Waals surface area (Å²) >= 11 is 6.83. The number of amides is 1. The average molecular weight is 651 g/mol. The van der Waals surface area contributed by atoms with E-state index in [1.54, 1.807) is 4.90 Å². The smallest absolute Gasteiger partial charge is 0.406 e. The van der Waals surface area contributed by atoms with Gasteiger partial charge in [0.15, 0.2) is 16.1 Å². The lowest BCUT2D eigenvalue weighted by Gasteiger charge is -2.22. The molecule has 0 bridgehead atoms. The van der Waals surface area contributed by atoms with Crippen LogP contribution in [0.4, 0.5) is 18.9 Å². The van der Waals surface area contributed by atoms with Gasteiger partial charge in [0.05, 0.1) is 17.1 Å². The molecule has 1 fully saturated rings. The van der Waals surface area contributed by atoms with Crippen LogP contribution in [0.3, 0.4) is 0 Å². The van der Waals surface area contributed by atoms with E-state index in [4.69, 9.17) is 12.2 Å². The second kappa shape index (κ2) is 13.7. The monoisotopic (exact) mass is 650 g/mol. The lowest BCUT2D eigenvalue weighted by Crippen LogP contribution is -2.32. The summed E-state index contributed by atoms with van der Waals surface area (Å²) < 4.78 is 42.6. The molecule has 5 rings (SSSR count). The molecule has 0 radical (unpaired) electrons. The van der Waals surface area contributed by atoms with Crippen LogP contribution in [-0.2, 0) is 4.79 Å². The molecule has 45 heavy (non-hydrogen) atoms. The number of carbonyl (C=O) groups is 1. The number of carbonyl (C=O) groups excluding carboxylic acids is 1. The Morgan fingerprint density at radius 1 is 1.13 bits per heavy atom. The molecule has 1 aliphatic heterocycles. The van der Waals surface area contributed by atoms with Gasteiger partial charge in [0, 0.05) is 12.1 Å². The molecule has 0 saturated carbocycles. The van der Waals surface area contributed by atoms with E-state index in [0.29, 0.717) is 34.1 Å². The Balaban J connectivity index is 1.17. The number of thiocarbonyl (C=S) groups is 1. The largest absolute Gasteiger partial charge is 0.573 e. The van der Waals surface area contributed by atoms with Gasteiger partial charge in [0.1, 0.15) is 12.1 Å². The first kappa shape index (κ1) is 31.9. The molecule has 1 amide bonds. The number of ether oxygens (including phenoxy) is 1. The van der Waals surface area contributed by atoms with Crippen molar-refractivity contribution in [2.24, 2.45) is 4.99 Å². The number of amidine groups is 1. The zero-order valence-corrected chi connectivity index (χ0v) is 26.2. The molecule has 13 heteroatoms. The molecule has 0 atom stereocenters. The molecule has 1 aliphatic rings. The number of halogens is 3. The zero-order valence-electron chi connectivity index (χ0n) is 24.6. The number of rotatable bonds is 8. The van der Waals surface area contributed by atoms with E-state index in [2.05, 4.69) is 45.0 Å². The van der Waals surface area contributed by atoms with E-state index in [9.17, 15) is 18.0 Å². The van der Waals surface area contributed by atoms with Gasteiger partial charge < -0.3 is 10.1 Å². The minimum atomic E-state index is -4.75. The van der Waals surface area contributed by atoms with Gasteiger partial charge in [0.25, 0.3) is 0 Å². The van der Waals surface area contributed by atoms with Crippen molar-refractivity contribution in [2.45, 2.75) is 33.1 Å². The number of nitrogens with one attached hydrogen (secondary N) is 1. The number of hydrogen-bond acceptors (Lipinski definition) is 6. The van der Waals surface area contributed by atoms with Gasteiger partial charge in [-0.15, -0.1) is 18.3 Å². The predicted molar refractivity (Wildman–Crippen MR) is 176 cm³/mol. The Kier molecular flexibility index (Phi) is 9.68. The molecule has 1 saturated heterocycles. The van der Waals surface area contributed by atoms with Crippen LogP contribution in [-0.4, -0.2) is 49.6 Å². The van der Waals surface area contributed by atoms with Crippen molar-refractivity contribution < 1.29 is 22.7 Å². The summed E-state index contributed by atoms with van der Waals surface area (Å²) in [6.45, 7) is 6.64. The van der Waals surface area contributed by atoms with Gasteiger partial charge in [-0.1, -0.05) is 74.2 Å². The van der Waals surface area contributed by atoms with Crippen molar-refractivity contribution >= 4 is 51.9 Å². The first-order valence-corrected chi connectivity index (χ1v) is 15.3. The number of hydrogen-bond donors (Lipinski definition) is 1. The van der Waals surface area contributed by atoms with Crippen LogP contribution in [0.15, 0.2) is 84.1 Å². The van der Waals surface area contributed by atoms with Crippen molar-refractivity contribution in [1.29, 1.82) is 0 Å². The number of aryl methyl sites for hydroxylation is 1. The minimum Gasteiger partial charge on any atom is -0.406 e. The maximum Gasteiger partial charge on any atom is 0.573 e. The minimum absolute atomic E-state index is 0.0204. The van der Waals surface area contributed by atoms with Crippen LogP contribution in [0.1, 0.15) is 36.5 Å². The van der Waals surface area contributed by atoms with Gasteiger partial charge in [-0.25, -0.2) is 9.67 Å². The average Bonchev–Trinajstić information content (AvgIpc) is 3.62. The fourth-order valence-electron chi connectivity index (χ4n) is 4.55. The zero-order chi connectivity index (χ0) is 32.1. The maximum atomic E-state index is 12.8. The number of aromatic nitrogens is 3. The normalized spacial score (nSPS) is 14.6. The number of thioether (sulfide) groups is 1. The summed E-state index contributed by atoms with van der Waals surface area (Å²) in [6.07, 6.45) is 0.596. The molecule has 0 aliphatic carbocycles. The summed E-state index contributed by atoms with van der Waals surface area (Å²) in [5.74, 6) is 0.694. The van der Waals surface area contributed by atoms with Gasteiger partial charge in [0.2, 0.25) is 5.91 Å². The third kappa shape index (κ3) is 8.17.